The van der Waals surface area contributed by atoms with Crippen LogP contribution in [0, 0.1) is 5.92 Å². The maximum absolute atomic E-state index is 12.3. The van der Waals surface area contributed by atoms with Crippen LogP contribution in [0.5, 0.6) is 0 Å². The molecule has 0 spiro atoms. The van der Waals surface area contributed by atoms with Crippen LogP contribution in [-0.4, -0.2) is 26.0 Å². The maximum Gasteiger partial charge on any atom is 0.229 e. The van der Waals surface area contributed by atoms with Crippen molar-refractivity contribution in [2.75, 3.05) is 24.3 Å². The molecule has 3 N–H and O–H groups in total. The topological polar surface area (TPSA) is 58.4 Å². The van der Waals surface area contributed by atoms with Crippen LogP contribution >= 0.6 is 11.6 Å². The van der Waals surface area contributed by atoms with Crippen LogP contribution in [0.25, 0.3) is 0 Å². The normalized spacial score (nSPS) is 22.4. The number of hydrogen-bond donors (Lipinski definition) is 2. The van der Waals surface area contributed by atoms with Gasteiger partial charge in [-0.1, -0.05) is 24.4 Å². The van der Waals surface area contributed by atoms with E-state index >= 15 is 0 Å². The Morgan fingerprint density at radius 1 is 1.35 bits per heavy atom. The molecule has 1 amide bonds. The van der Waals surface area contributed by atoms with Crippen LogP contribution in [0.4, 0.5) is 11.4 Å². The lowest BCUT2D eigenvalue weighted by molar-refractivity contribution is -0.121. The highest BCUT2D eigenvalue weighted by molar-refractivity contribution is 6.33. The molecule has 110 valence electrons. The zero-order valence-corrected chi connectivity index (χ0v) is 12.8. The first-order chi connectivity index (χ1) is 9.49. The summed E-state index contributed by atoms with van der Waals surface area (Å²) < 4.78 is 0. The number of anilines is 2. The number of benzene rings is 1. The number of rotatable bonds is 3. The molecule has 0 bridgehead atoms. The van der Waals surface area contributed by atoms with Crippen molar-refractivity contribution in [2.45, 2.75) is 31.7 Å². The highest BCUT2D eigenvalue weighted by atomic mass is 35.5. The number of nitrogens with one attached hydrogen (secondary N) is 1. The first-order valence-corrected chi connectivity index (χ1v) is 7.40. The van der Waals surface area contributed by atoms with E-state index in [4.69, 9.17) is 17.3 Å². The van der Waals surface area contributed by atoms with Crippen LogP contribution in [0.1, 0.15) is 25.7 Å². The van der Waals surface area contributed by atoms with E-state index in [1.807, 2.05) is 31.1 Å². The fraction of sp³-hybridized carbons (Fsp3) is 0.533. The van der Waals surface area contributed by atoms with E-state index in [-0.39, 0.29) is 17.9 Å². The van der Waals surface area contributed by atoms with E-state index in [1.165, 1.54) is 0 Å². The second-order valence-electron chi connectivity index (χ2n) is 5.60. The Labute approximate surface area is 125 Å². The Morgan fingerprint density at radius 2 is 2.05 bits per heavy atom. The monoisotopic (exact) mass is 295 g/mol. The van der Waals surface area contributed by atoms with E-state index in [2.05, 4.69) is 5.32 Å². The standard InChI is InChI=1S/C15H22ClN3O/c1-19(2)14-8-7-10(9-12(14)16)18-15(20)11-5-3-4-6-13(11)17/h7-9,11,13H,3-6,17H2,1-2H3,(H,18,20). The molecule has 0 radical (unpaired) electrons. The molecular formula is C15H22ClN3O. The summed E-state index contributed by atoms with van der Waals surface area (Å²) in [6, 6.07) is 5.52. The van der Waals surface area contributed by atoms with Crippen molar-refractivity contribution >= 4 is 28.9 Å². The molecule has 4 nitrogen and oxygen atoms in total. The summed E-state index contributed by atoms with van der Waals surface area (Å²) in [5.74, 6) is -0.0816. The van der Waals surface area contributed by atoms with Crippen molar-refractivity contribution < 1.29 is 4.79 Å². The maximum atomic E-state index is 12.3. The van der Waals surface area contributed by atoms with Gasteiger partial charge in [0.25, 0.3) is 0 Å². The summed E-state index contributed by atoms with van der Waals surface area (Å²) in [5, 5.41) is 3.55. The molecule has 2 rings (SSSR count). The van der Waals surface area contributed by atoms with Crippen LogP contribution < -0.4 is 16.0 Å². The van der Waals surface area contributed by atoms with Crippen LogP contribution in [0.3, 0.4) is 0 Å². The summed E-state index contributed by atoms with van der Waals surface area (Å²) in [4.78, 5) is 14.2. The highest BCUT2D eigenvalue weighted by Gasteiger charge is 2.28. The third-order valence-corrected chi connectivity index (χ3v) is 4.16. The lowest BCUT2D eigenvalue weighted by atomic mass is 9.84. The van der Waals surface area contributed by atoms with Crippen molar-refractivity contribution in [2.24, 2.45) is 11.7 Å². The van der Waals surface area contributed by atoms with Gasteiger partial charge in [0.2, 0.25) is 5.91 Å². The lowest BCUT2D eigenvalue weighted by Gasteiger charge is -2.27. The number of nitrogens with two attached hydrogens (primary N) is 1. The first kappa shape index (κ1) is 15.1. The number of carbonyl (C=O) groups is 1. The number of hydrogen-bond acceptors (Lipinski definition) is 3. The molecule has 0 aliphatic heterocycles. The number of nitrogens with zero attached hydrogens (tertiary/aromatic N) is 1. The molecular weight excluding hydrogens is 274 g/mol. The summed E-state index contributed by atoms with van der Waals surface area (Å²) in [7, 11) is 3.86. The second-order valence-corrected chi connectivity index (χ2v) is 6.01. The van der Waals surface area contributed by atoms with E-state index in [9.17, 15) is 4.79 Å². The molecule has 1 saturated carbocycles. The van der Waals surface area contributed by atoms with Gasteiger partial charge in [-0.2, -0.15) is 0 Å². The summed E-state index contributed by atoms with van der Waals surface area (Å²) in [5.41, 5.74) is 7.69. The fourth-order valence-corrected chi connectivity index (χ4v) is 3.02. The van der Waals surface area contributed by atoms with Gasteiger partial charge in [-0.15, -0.1) is 0 Å². The van der Waals surface area contributed by atoms with Gasteiger partial charge in [-0.25, -0.2) is 0 Å². The first-order valence-electron chi connectivity index (χ1n) is 7.02. The van der Waals surface area contributed by atoms with Gasteiger partial charge < -0.3 is 16.0 Å². The molecule has 1 aliphatic carbocycles. The van der Waals surface area contributed by atoms with E-state index in [0.717, 1.165) is 37.1 Å². The molecule has 20 heavy (non-hydrogen) atoms. The molecule has 1 fully saturated rings. The molecule has 2 atom stereocenters. The molecule has 1 aromatic rings. The van der Waals surface area contributed by atoms with Gasteiger partial charge >= 0.3 is 0 Å². The second kappa shape index (κ2) is 6.46. The SMILES string of the molecule is CN(C)c1ccc(NC(=O)C2CCCCC2N)cc1Cl. The van der Waals surface area contributed by atoms with Crippen LogP contribution in [-0.2, 0) is 4.79 Å². The minimum Gasteiger partial charge on any atom is -0.376 e. The fourth-order valence-electron chi connectivity index (χ4n) is 2.67. The molecule has 2 unspecified atom stereocenters. The van der Waals surface area contributed by atoms with Gasteiger partial charge in [0.05, 0.1) is 16.6 Å². The molecule has 0 saturated heterocycles. The van der Waals surface area contributed by atoms with Crippen molar-refractivity contribution in [1.82, 2.24) is 0 Å². The molecule has 1 aromatic carbocycles. The van der Waals surface area contributed by atoms with Gasteiger partial charge in [-0.3, -0.25) is 4.79 Å². The molecule has 1 aliphatic rings. The highest BCUT2D eigenvalue weighted by Crippen LogP contribution is 2.29. The largest absolute Gasteiger partial charge is 0.376 e. The third kappa shape index (κ3) is 3.44. The minimum atomic E-state index is -0.0870. The summed E-state index contributed by atoms with van der Waals surface area (Å²) >= 11 is 6.20. The van der Waals surface area contributed by atoms with Gasteiger partial charge in [0.15, 0.2) is 0 Å². The van der Waals surface area contributed by atoms with Crippen molar-refractivity contribution in [3.63, 3.8) is 0 Å². The summed E-state index contributed by atoms with van der Waals surface area (Å²) in [6.45, 7) is 0. The third-order valence-electron chi connectivity index (χ3n) is 3.85. The number of amides is 1. The zero-order valence-electron chi connectivity index (χ0n) is 12.0. The van der Waals surface area contributed by atoms with Crippen molar-refractivity contribution in [3.8, 4) is 0 Å². The quantitative estimate of drug-likeness (QED) is 0.901. The Kier molecular flexibility index (Phi) is 4.89. The van der Waals surface area contributed by atoms with Crippen molar-refractivity contribution in [3.05, 3.63) is 23.2 Å². The average Bonchev–Trinajstić information content (AvgIpc) is 2.38. The molecule has 0 aromatic heterocycles. The van der Waals surface area contributed by atoms with Crippen LogP contribution in [0.15, 0.2) is 18.2 Å². The van der Waals surface area contributed by atoms with E-state index in [0.29, 0.717) is 5.02 Å². The van der Waals surface area contributed by atoms with Gasteiger partial charge in [-0.05, 0) is 31.0 Å². The Hall–Kier alpha value is -1.26. The van der Waals surface area contributed by atoms with E-state index < -0.39 is 0 Å². The van der Waals surface area contributed by atoms with Gasteiger partial charge in [0.1, 0.15) is 0 Å². The molecule has 5 heteroatoms. The van der Waals surface area contributed by atoms with E-state index in [1.54, 1.807) is 6.07 Å². The van der Waals surface area contributed by atoms with Crippen molar-refractivity contribution in [1.29, 1.82) is 0 Å². The smallest absolute Gasteiger partial charge is 0.229 e. The Bertz CT molecular complexity index is 490. The predicted octanol–water partition coefficient (Wildman–Crippen LogP) is 2.86. The average molecular weight is 296 g/mol. The molecule has 0 heterocycles. The van der Waals surface area contributed by atoms with Gasteiger partial charge in [0, 0.05) is 25.8 Å². The number of carbonyl (C=O) groups excluding carboxylic acids is 1. The minimum absolute atomic E-state index is 0.00543. The summed E-state index contributed by atoms with van der Waals surface area (Å²) in [6.07, 6.45) is 4.00. The lowest BCUT2D eigenvalue weighted by Crippen LogP contribution is -2.40. The Morgan fingerprint density at radius 3 is 2.65 bits per heavy atom. The number of halogens is 1. The zero-order chi connectivity index (χ0) is 14.7. The Balaban J connectivity index is 2.06. The van der Waals surface area contributed by atoms with Crippen LogP contribution in [0.2, 0.25) is 5.02 Å². The predicted molar refractivity (Wildman–Crippen MR) is 84.3 cm³/mol.